The van der Waals surface area contributed by atoms with Crippen LogP contribution in [0.25, 0.3) is 22.2 Å². The zero-order chi connectivity index (χ0) is 30.5. The molecule has 1 aliphatic rings. The number of rotatable bonds is 10. The van der Waals surface area contributed by atoms with E-state index < -0.39 is 5.56 Å². The number of anilines is 2. The van der Waals surface area contributed by atoms with Gasteiger partial charge in [0.2, 0.25) is 5.95 Å². The van der Waals surface area contributed by atoms with E-state index in [-0.39, 0.29) is 5.91 Å². The van der Waals surface area contributed by atoms with Crippen molar-refractivity contribution < 1.29 is 9.63 Å². The van der Waals surface area contributed by atoms with Crippen molar-refractivity contribution in [1.29, 1.82) is 0 Å². The molecular weight excluding hydrogens is 568 g/mol. The lowest BCUT2D eigenvalue weighted by molar-refractivity contribution is 0.102. The molecule has 2 aromatic carbocycles. The summed E-state index contributed by atoms with van der Waals surface area (Å²) in [4.78, 5) is 47.5. The summed E-state index contributed by atoms with van der Waals surface area (Å²) in [6, 6.07) is 14.4. The molecule has 1 aliphatic heterocycles. The Morgan fingerprint density at radius 3 is 2.47 bits per heavy atom. The van der Waals surface area contributed by atoms with Crippen LogP contribution in [0.15, 0.2) is 59.5 Å². The molecule has 2 aromatic heterocycles. The summed E-state index contributed by atoms with van der Waals surface area (Å²) in [6.07, 6.45) is 1.64. The molecule has 5 rings (SSSR count). The molecule has 0 atom stereocenters. The number of likely N-dealkylation sites (N-methyl/N-ethyl adjacent to an activating group) is 2. The van der Waals surface area contributed by atoms with Crippen LogP contribution in [0.3, 0.4) is 0 Å². The SMILES string of the molecule is COn1c(=O)c(-c2ccc(NC(=O)c3ccc(CN4CCN(C)CC4)cc3)cc2Cl)cc2cnc(NCCN(C)C)nc21. The van der Waals surface area contributed by atoms with Crippen LogP contribution in [0.1, 0.15) is 15.9 Å². The van der Waals surface area contributed by atoms with Crippen LogP contribution in [0.4, 0.5) is 11.6 Å². The Bertz CT molecular complexity index is 1650. The van der Waals surface area contributed by atoms with Gasteiger partial charge in [0, 0.05) is 74.2 Å². The Morgan fingerprint density at radius 2 is 1.79 bits per heavy atom. The second-order valence-electron chi connectivity index (χ2n) is 11.0. The molecule has 3 heterocycles. The van der Waals surface area contributed by atoms with Crippen molar-refractivity contribution in [3.05, 3.63) is 81.2 Å². The topological polar surface area (TPSA) is 108 Å². The number of piperazine rings is 1. The molecule has 1 amide bonds. The summed E-state index contributed by atoms with van der Waals surface area (Å²) >= 11 is 6.65. The third kappa shape index (κ3) is 7.31. The maximum Gasteiger partial charge on any atom is 0.293 e. The molecule has 0 aliphatic carbocycles. The van der Waals surface area contributed by atoms with Crippen LogP contribution in [0.5, 0.6) is 0 Å². The number of aromatic nitrogens is 3. The first-order valence-electron chi connectivity index (χ1n) is 14.2. The molecule has 0 unspecified atom stereocenters. The molecule has 4 aromatic rings. The molecular formula is C31H37ClN8O3. The van der Waals surface area contributed by atoms with Crippen molar-refractivity contribution in [3.8, 4) is 11.1 Å². The highest BCUT2D eigenvalue weighted by Crippen LogP contribution is 2.30. The predicted molar refractivity (Wildman–Crippen MR) is 171 cm³/mol. The Labute approximate surface area is 256 Å². The number of carbonyl (C=O) groups is 1. The number of carbonyl (C=O) groups excluding carboxylic acids is 1. The van der Waals surface area contributed by atoms with E-state index in [4.69, 9.17) is 16.4 Å². The quantitative estimate of drug-likeness (QED) is 0.282. The fraction of sp³-hybridized carbons (Fsp3) is 0.355. The van der Waals surface area contributed by atoms with Crippen molar-refractivity contribution >= 4 is 40.2 Å². The Morgan fingerprint density at radius 1 is 1.05 bits per heavy atom. The zero-order valence-electron chi connectivity index (χ0n) is 24.9. The maximum atomic E-state index is 13.4. The van der Waals surface area contributed by atoms with E-state index in [1.54, 1.807) is 30.5 Å². The van der Waals surface area contributed by atoms with E-state index in [2.05, 4.69) is 37.4 Å². The number of benzene rings is 2. The normalized spacial score (nSPS) is 14.3. The minimum Gasteiger partial charge on any atom is -0.412 e. The van der Waals surface area contributed by atoms with Gasteiger partial charge in [-0.25, -0.2) is 4.98 Å². The Kier molecular flexibility index (Phi) is 9.56. The van der Waals surface area contributed by atoms with Crippen molar-refractivity contribution in [2.24, 2.45) is 0 Å². The van der Waals surface area contributed by atoms with Crippen LogP contribution in [-0.4, -0.2) is 103 Å². The molecule has 0 radical (unpaired) electrons. The maximum absolute atomic E-state index is 13.4. The lowest BCUT2D eigenvalue weighted by Crippen LogP contribution is -2.43. The Hall–Kier alpha value is -4.03. The first kappa shape index (κ1) is 30.4. The first-order valence-corrected chi connectivity index (χ1v) is 14.6. The highest BCUT2D eigenvalue weighted by Gasteiger charge is 2.18. The number of halogens is 1. The average molecular weight is 605 g/mol. The number of fused-ring (bicyclic) bond motifs is 1. The van der Waals surface area contributed by atoms with Gasteiger partial charge in [0.25, 0.3) is 11.5 Å². The number of nitrogens with zero attached hydrogens (tertiary/aromatic N) is 6. The number of hydrogen-bond acceptors (Lipinski definition) is 9. The van der Waals surface area contributed by atoms with E-state index in [9.17, 15) is 9.59 Å². The minimum atomic E-state index is -0.414. The largest absolute Gasteiger partial charge is 0.412 e. The smallest absolute Gasteiger partial charge is 0.293 e. The van der Waals surface area contributed by atoms with Gasteiger partial charge in [0.15, 0.2) is 5.65 Å². The van der Waals surface area contributed by atoms with Gasteiger partial charge in [-0.05, 0) is 57.0 Å². The van der Waals surface area contributed by atoms with Crippen LogP contribution in [0, 0.1) is 0 Å². The van der Waals surface area contributed by atoms with E-state index in [0.29, 0.717) is 50.9 Å². The first-order chi connectivity index (χ1) is 20.7. The fourth-order valence-electron chi connectivity index (χ4n) is 4.95. The summed E-state index contributed by atoms with van der Waals surface area (Å²) < 4.78 is 1.13. The van der Waals surface area contributed by atoms with Gasteiger partial charge in [-0.1, -0.05) is 29.8 Å². The van der Waals surface area contributed by atoms with Crippen LogP contribution in [-0.2, 0) is 6.54 Å². The zero-order valence-corrected chi connectivity index (χ0v) is 25.7. The van der Waals surface area contributed by atoms with Gasteiger partial charge in [-0.2, -0.15) is 4.98 Å². The summed E-state index contributed by atoms with van der Waals surface area (Å²) in [6.45, 7) is 6.53. The second kappa shape index (κ2) is 13.5. The monoisotopic (exact) mass is 604 g/mol. The predicted octanol–water partition coefficient (Wildman–Crippen LogP) is 3.14. The number of nitrogens with one attached hydrogen (secondary N) is 2. The summed E-state index contributed by atoms with van der Waals surface area (Å²) in [5, 5.41) is 6.98. The third-order valence-electron chi connectivity index (χ3n) is 7.46. The van der Waals surface area contributed by atoms with Crippen molar-refractivity contribution in [2.45, 2.75) is 6.54 Å². The average Bonchev–Trinajstić information content (AvgIpc) is 2.98. The van der Waals surface area contributed by atoms with E-state index in [1.807, 2.05) is 43.3 Å². The standard InChI is InChI=1S/C31H37ClN8O3/c1-37(2)12-11-33-31-34-19-23-17-26(30(42)40(43-4)28(23)36-31)25-10-9-24(18-27(25)32)35-29(41)22-7-5-21(6-8-22)20-39-15-13-38(3)14-16-39/h5-10,17-19H,11-16,20H2,1-4H3,(H,35,41)(H,33,34,36). The molecule has 0 saturated carbocycles. The molecule has 1 saturated heterocycles. The molecule has 0 bridgehead atoms. The van der Waals surface area contributed by atoms with Gasteiger partial charge in [0.05, 0.1) is 10.6 Å². The lowest BCUT2D eigenvalue weighted by atomic mass is 10.1. The van der Waals surface area contributed by atoms with Gasteiger partial charge in [-0.15, -0.1) is 4.73 Å². The molecule has 1 fully saturated rings. The number of hydrogen-bond donors (Lipinski definition) is 2. The highest BCUT2D eigenvalue weighted by molar-refractivity contribution is 6.33. The van der Waals surface area contributed by atoms with Crippen molar-refractivity contribution in [3.63, 3.8) is 0 Å². The number of pyridine rings is 1. The van der Waals surface area contributed by atoms with E-state index >= 15 is 0 Å². The van der Waals surface area contributed by atoms with E-state index in [0.717, 1.165) is 44.0 Å². The van der Waals surface area contributed by atoms with Crippen LogP contribution in [0.2, 0.25) is 5.02 Å². The van der Waals surface area contributed by atoms with Crippen molar-refractivity contribution in [2.75, 3.05) is 78.2 Å². The van der Waals surface area contributed by atoms with Crippen LogP contribution < -0.4 is 21.0 Å². The lowest BCUT2D eigenvalue weighted by Gasteiger charge is -2.32. The van der Waals surface area contributed by atoms with Gasteiger partial charge in [-0.3, -0.25) is 14.5 Å². The molecule has 11 nitrogen and oxygen atoms in total. The molecule has 2 N–H and O–H groups in total. The molecule has 0 spiro atoms. The summed E-state index contributed by atoms with van der Waals surface area (Å²) in [5.41, 5.74) is 2.99. The van der Waals surface area contributed by atoms with Gasteiger partial charge in [0.1, 0.15) is 7.11 Å². The van der Waals surface area contributed by atoms with Crippen LogP contribution >= 0.6 is 11.6 Å². The van der Waals surface area contributed by atoms with Gasteiger partial charge < -0.3 is 25.3 Å². The summed E-state index contributed by atoms with van der Waals surface area (Å²) in [7, 11) is 7.51. The van der Waals surface area contributed by atoms with Crippen molar-refractivity contribution in [1.82, 2.24) is 29.4 Å². The van der Waals surface area contributed by atoms with Gasteiger partial charge >= 0.3 is 0 Å². The summed E-state index contributed by atoms with van der Waals surface area (Å²) in [5.74, 6) is 0.157. The Balaban J connectivity index is 1.30. The minimum absolute atomic E-state index is 0.241. The highest BCUT2D eigenvalue weighted by atomic mass is 35.5. The molecule has 43 heavy (non-hydrogen) atoms. The number of amides is 1. The molecule has 226 valence electrons. The third-order valence-corrected chi connectivity index (χ3v) is 7.78. The fourth-order valence-corrected chi connectivity index (χ4v) is 5.23. The molecule has 12 heteroatoms. The second-order valence-corrected chi connectivity index (χ2v) is 11.4. The van der Waals surface area contributed by atoms with E-state index in [1.165, 1.54) is 12.7 Å².